The third-order valence-corrected chi connectivity index (χ3v) is 5.91. The smallest absolute Gasteiger partial charge is 0.338 e. The number of carbonyl (C=O) groups excluding carboxylic acids is 2. The van der Waals surface area contributed by atoms with Crippen molar-refractivity contribution >= 4 is 45.0 Å². The largest absolute Gasteiger partial charge is 0.463 e. The number of likely N-dealkylation sites (N-methyl/N-ethyl adjacent to an activating group) is 1. The Hall–Kier alpha value is -2.59. The van der Waals surface area contributed by atoms with Gasteiger partial charge in [-0.3, -0.25) is 9.79 Å². The minimum absolute atomic E-state index is 0.142. The average Bonchev–Trinajstić information content (AvgIpc) is 3.22. The number of amidine groups is 1. The van der Waals surface area contributed by atoms with E-state index in [1.165, 1.54) is 35.3 Å². The maximum atomic E-state index is 13.7. The molecule has 2 aromatic rings. The van der Waals surface area contributed by atoms with Crippen LogP contribution >= 0.6 is 27.3 Å². The van der Waals surface area contributed by atoms with E-state index >= 15 is 0 Å². The maximum Gasteiger partial charge on any atom is 0.338 e. The van der Waals surface area contributed by atoms with E-state index < -0.39 is 17.8 Å². The summed E-state index contributed by atoms with van der Waals surface area (Å²) in [5, 5.41) is 5.60. The van der Waals surface area contributed by atoms with E-state index in [9.17, 15) is 14.0 Å². The van der Waals surface area contributed by atoms with Crippen molar-refractivity contribution in [1.82, 2.24) is 15.2 Å². The Morgan fingerprint density at radius 1 is 1.40 bits per heavy atom. The average molecular weight is 495 g/mol. The summed E-state index contributed by atoms with van der Waals surface area (Å²) >= 11 is 4.76. The van der Waals surface area contributed by atoms with Crippen LogP contribution in [0.25, 0.3) is 0 Å². The molecule has 2 heterocycles. The van der Waals surface area contributed by atoms with Crippen molar-refractivity contribution in [3.8, 4) is 0 Å². The van der Waals surface area contributed by atoms with Gasteiger partial charge in [0, 0.05) is 35.7 Å². The fourth-order valence-electron chi connectivity index (χ4n) is 2.92. The summed E-state index contributed by atoms with van der Waals surface area (Å²) in [5.74, 6) is -0.668. The van der Waals surface area contributed by atoms with Gasteiger partial charge in [0.1, 0.15) is 11.9 Å². The van der Waals surface area contributed by atoms with Gasteiger partial charge in [0.25, 0.3) is 0 Å². The molecule has 0 radical (unpaired) electrons. The highest BCUT2D eigenvalue weighted by Crippen LogP contribution is 2.37. The van der Waals surface area contributed by atoms with Crippen LogP contribution in [0, 0.1) is 5.82 Å². The first kappa shape index (κ1) is 22.1. The molecule has 3 rings (SSSR count). The summed E-state index contributed by atoms with van der Waals surface area (Å²) in [6.45, 7) is 3.47. The third kappa shape index (κ3) is 4.76. The number of nitrogens with zero attached hydrogens (tertiary/aromatic N) is 3. The monoisotopic (exact) mass is 494 g/mol. The summed E-state index contributed by atoms with van der Waals surface area (Å²) in [5.41, 5.74) is 1.34. The standard InChI is InChI=1S/C20H20BrFN4O3S/c1-4-29-20(28)16-15(10-26(3)11(2)27)24-18(19-23-7-8-30-19)25-17(16)13-6-5-12(22)9-14(13)21/h5-9,17H,4,10H2,1-3H3,(H,24,25). The number of esters is 1. The Bertz CT molecular complexity index is 1020. The molecular weight excluding hydrogens is 475 g/mol. The summed E-state index contributed by atoms with van der Waals surface area (Å²) < 4.78 is 19.4. The summed E-state index contributed by atoms with van der Waals surface area (Å²) in [7, 11) is 1.64. The summed E-state index contributed by atoms with van der Waals surface area (Å²) in [4.78, 5) is 35.2. The molecule has 1 unspecified atom stereocenters. The van der Waals surface area contributed by atoms with Crippen LogP contribution in [0.4, 0.5) is 4.39 Å². The number of nitrogens with one attached hydrogen (secondary N) is 1. The zero-order chi connectivity index (χ0) is 21.8. The Labute approximate surface area is 185 Å². The second kappa shape index (κ2) is 9.48. The van der Waals surface area contributed by atoms with Crippen molar-refractivity contribution in [2.45, 2.75) is 19.9 Å². The van der Waals surface area contributed by atoms with Gasteiger partial charge in [-0.25, -0.2) is 14.2 Å². The van der Waals surface area contributed by atoms with Gasteiger partial charge in [0.05, 0.1) is 18.7 Å². The molecule has 0 aliphatic carbocycles. The highest BCUT2D eigenvalue weighted by molar-refractivity contribution is 9.10. The number of rotatable bonds is 6. The number of aromatic nitrogens is 1. The van der Waals surface area contributed by atoms with Crippen molar-refractivity contribution in [1.29, 1.82) is 0 Å². The molecule has 0 saturated carbocycles. The SMILES string of the molecule is CCOC(=O)C1=C(CN(C)C(C)=O)NC(c2nccs2)=NC1c1ccc(F)cc1Br. The molecule has 0 spiro atoms. The fraction of sp³-hybridized carbons (Fsp3) is 0.300. The first-order valence-electron chi connectivity index (χ1n) is 9.13. The van der Waals surface area contributed by atoms with Crippen LogP contribution in [0.5, 0.6) is 0 Å². The van der Waals surface area contributed by atoms with Crippen LogP contribution in [-0.4, -0.2) is 47.8 Å². The van der Waals surface area contributed by atoms with Gasteiger partial charge in [0.15, 0.2) is 10.8 Å². The molecule has 0 fully saturated rings. The molecule has 1 aliphatic heterocycles. The molecule has 10 heteroatoms. The third-order valence-electron chi connectivity index (χ3n) is 4.45. The molecule has 158 valence electrons. The van der Waals surface area contributed by atoms with Gasteiger partial charge in [-0.2, -0.15) is 0 Å². The Balaban J connectivity index is 2.18. The zero-order valence-electron chi connectivity index (χ0n) is 16.6. The van der Waals surface area contributed by atoms with E-state index in [0.29, 0.717) is 26.6 Å². The van der Waals surface area contributed by atoms with Crippen molar-refractivity contribution in [2.24, 2.45) is 4.99 Å². The number of hydrogen-bond donors (Lipinski definition) is 1. The molecule has 0 bridgehead atoms. The normalized spacial score (nSPS) is 16.0. The molecular formula is C20H20BrFN4O3S. The van der Waals surface area contributed by atoms with E-state index in [1.807, 2.05) is 5.38 Å². The molecule has 1 aromatic heterocycles. The predicted molar refractivity (Wildman–Crippen MR) is 116 cm³/mol. The number of aliphatic imine (C=N–C) groups is 1. The minimum Gasteiger partial charge on any atom is -0.463 e. The molecule has 1 atom stereocenters. The van der Waals surface area contributed by atoms with Crippen LogP contribution in [0.15, 0.2) is 50.5 Å². The Morgan fingerprint density at radius 3 is 2.77 bits per heavy atom. The number of amides is 1. The van der Waals surface area contributed by atoms with E-state index in [1.54, 1.807) is 26.2 Å². The first-order valence-corrected chi connectivity index (χ1v) is 10.8. The molecule has 0 saturated heterocycles. The first-order chi connectivity index (χ1) is 14.3. The van der Waals surface area contributed by atoms with Crippen LogP contribution < -0.4 is 5.32 Å². The topological polar surface area (TPSA) is 83.9 Å². The lowest BCUT2D eigenvalue weighted by Gasteiger charge is -2.29. The number of thiazole rings is 1. The van der Waals surface area contributed by atoms with Crippen molar-refractivity contribution in [2.75, 3.05) is 20.2 Å². The van der Waals surface area contributed by atoms with Crippen LogP contribution in [-0.2, 0) is 14.3 Å². The zero-order valence-corrected chi connectivity index (χ0v) is 19.0. The highest BCUT2D eigenvalue weighted by Gasteiger charge is 2.34. The lowest BCUT2D eigenvalue weighted by molar-refractivity contribution is -0.139. The summed E-state index contributed by atoms with van der Waals surface area (Å²) in [6, 6.07) is 3.43. The molecule has 1 aromatic carbocycles. The lowest BCUT2D eigenvalue weighted by Crippen LogP contribution is -2.39. The fourth-order valence-corrected chi connectivity index (χ4v) is 4.07. The van der Waals surface area contributed by atoms with Crippen LogP contribution in [0.2, 0.25) is 0 Å². The van der Waals surface area contributed by atoms with Crippen molar-refractivity contribution in [3.63, 3.8) is 0 Å². The van der Waals surface area contributed by atoms with Crippen LogP contribution in [0.3, 0.4) is 0 Å². The Morgan fingerprint density at radius 2 is 2.17 bits per heavy atom. The molecule has 7 nitrogen and oxygen atoms in total. The number of carbonyl (C=O) groups is 2. The second-order valence-corrected chi connectivity index (χ2v) is 8.25. The number of hydrogen-bond acceptors (Lipinski definition) is 7. The van der Waals surface area contributed by atoms with E-state index in [2.05, 4.69) is 26.2 Å². The molecule has 1 aliphatic rings. The number of ether oxygens (including phenoxy) is 1. The highest BCUT2D eigenvalue weighted by atomic mass is 79.9. The maximum absolute atomic E-state index is 13.7. The molecule has 30 heavy (non-hydrogen) atoms. The quantitative estimate of drug-likeness (QED) is 0.621. The number of halogens is 2. The second-order valence-electron chi connectivity index (χ2n) is 6.50. The molecule has 1 N–H and O–H groups in total. The van der Waals surface area contributed by atoms with Gasteiger partial charge < -0.3 is 15.0 Å². The number of benzene rings is 1. The van der Waals surface area contributed by atoms with E-state index in [4.69, 9.17) is 9.73 Å². The van der Waals surface area contributed by atoms with Crippen LogP contribution in [0.1, 0.15) is 30.5 Å². The van der Waals surface area contributed by atoms with E-state index in [0.717, 1.165) is 0 Å². The molecule has 1 amide bonds. The van der Waals surface area contributed by atoms with Crippen molar-refractivity contribution < 1.29 is 18.7 Å². The van der Waals surface area contributed by atoms with E-state index in [-0.39, 0.29) is 24.6 Å². The van der Waals surface area contributed by atoms with Gasteiger partial charge in [-0.05, 0) is 24.6 Å². The van der Waals surface area contributed by atoms with Gasteiger partial charge in [0.2, 0.25) is 5.91 Å². The van der Waals surface area contributed by atoms with Gasteiger partial charge in [-0.1, -0.05) is 22.0 Å². The van der Waals surface area contributed by atoms with Gasteiger partial charge in [-0.15, -0.1) is 11.3 Å². The Kier molecular flexibility index (Phi) is 6.99. The minimum atomic E-state index is -0.769. The van der Waals surface area contributed by atoms with Gasteiger partial charge >= 0.3 is 5.97 Å². The van der Waals surface area contributed by atoms with Crippen molar-refractivity contribution in [3.05, 3.63) is 61.9 Å². The predicted octanol–water partition coefficient (Wildman–Crippen LogP) is 3.43. The lowest BCUT2D eigenvalue weighted by atomic mass is 9.95. The summed E-state index contributed by atoms with van der Waals surface area (Å²) in [6.07, 6.45) is 1.65.